The predicted molar refractivity (Wildman–Crippen MR) is 116 cm³/mol. The number of piperidine rings is 1. The van der Waals surface area contributed by atoms with Crippen LogP contribution >= 0.6 is 11.3 Å². The van der Waals surface area contributed by atoms with Crippen LogP contribution in [0, 0.1) is 5.92 Å². The van der Waals surface area contributed by atoms with E-state index in [-0.39, 0.29) is 11.8 Å². The third-order valence-corrected chi connectivity index (χ3v) is 6.07. The van der Waals surface area contributed by atoms with Crippen LogP contribution in [0.3, 0.4) is 0 Å². The molecule has 152 valence electrons. The van der Waals surface area contributed by atoms with Crippen molar-refractivity contribution in [3.05, 3.63) is 42.2 Å². The maximum absolute atomic E-state index is 13.8. The number of hydrogen-bond acceptors (Lipinski definition) is 5. The monoisotopic (exact) mass is 412 g/mol. The van der Waals surface area contributed by atoms with E-state index >= 15 is 0 Å². The van der Waals surface area contributed by atoms with Gasteiger partial charge in [-0.3, -0.25) is 9.78 Å². The van der Waals surface area contributed by atoms with Crippen LogP contribution in [0.25, 0.3) is 21.2 Å². The molecule has 7 heteroatoms. The van der Waals surface area contributed by atoms with Gasteiger partial charge in [0.05, 0.1) is 10.4 Å². The van der Waals surface area contributed by atoms with Crippen LogP contribution in [0.5, 0.6) is 0 Å². The Labute approximate surface area is 174 Å². The molecule has 1 N–H and O–H groups in total. The Morgan fingerprint density at radius 1 is 1.24 bits per heavy atom. The summed E-state index contributed by atoms with van der Waals surface area (Å²) in [6, 6.07) is 8.10. The number of nitrogens with zero attached hydrogens (tertiary/aromatic N) is 3. The maximum atomic E-state index is 13.8. The summed E-state index contributed by atoms with van der Waals surface area (Å²) in [5.74, 6) is 0.501. The molecule has 1 aliphatic heterocycles. The number of rotatable bonds is 5. The van der Waals surface area contributed by atoms with Gasteiger partial charge in [-0.1, -0.05) is 12.1 Å². The quantitative estimate of drug-likeness (QED) is 0.657. The molecule has 3 aromatic rings. The van der Waals surface area contributed by atoms with E-state index in [1.807, 2.05) is 23.8 Å². The summed E-state index contributed by atoms with van der Waals surface area (Å²) in [5.41, 5.74) is 1.71. The van der Waals surface area contributed by atoms with Crippen molar-refractivity contribution in [2.45, 2.75) is 32.4 Å². The molecule has 0 atom stereocenters. The van der Waals surface area contributed by atoms with Gasteiger partial charge in [-0.25, -0.2) is 9.37 Å². The Balaban J connectivity index is 1.42. The molecule has 5 nitrogen and oxygen atoms in total. The summed E-state index contributed by atoms with van der Waals surface area (Å²) >= 11 is 1.60. The highest BCUT2D eigenvalue weighted by Gasteiger charge is 2.28. The SMILES string of the molecule is CC(C)(F)CN1CCC(C(=O)Nc2cc3cc(-c4cncs4)ccc3cn2)CC1. The minimum Gasteiger partial charge on any atom is -0.310 e. The van der Waals surface area contributed by atoms with Crippen molar-refractivity contribution in [1.82, 2.24) is 14.9 Å². The number of amides is 1. The van der Waals surface area contributed by atoms with Gasteiger partial charge in [0, 0.05) is 30.2 Å². The standard InChI is InChI=1S/C22H25FN4OS/c1-22(2,23)13-27-7-5-15(6-8-27)21(28)26-20-10-18-9-16(19-12-24-14-29-19)3-4-17(18)11-25-20/h3-4,9-12,14-15H,5-8,13H2,1-2H3,(H,25,26,28). The number of carbonyl (C=O) groups is 1. The van der Waals surface area contributed by atoms with Gasteiger partial charge in [-0.05, 0) is 62.9 Å². The third-order valence-electron chi connectivity index (χ3n) is 5.25. The second kappa shape index (κ2) is 8.16. The molecule has 0 radical (unpaired) electrons. The number of pyridine rings is 1. The number of thiazole rings is 1. The van der Waals surface area contributed by atoms with E-state index in [0.29, 0.717) is 12.4 Å². The first kappa shape index (κ1) is 19.9. The molecule has 1 amide bonds. The Bertz CT molecular complexity index is 992. The Morgan fingerprint density at radius 3 is 2.72 bits per heavy atom. The van der Waals surface area contributed by atoms with Crippen molar-refractivity contribution < 1.29 is 9.18 Å². The first-order valence-corrected chi connectivity index (χ1v) is 10.8. The lowest BCUT2D eigenvalue weighted by molar-refractivity contribution is -0.121. The lowest BCUT2D eigenvalue weighted by atomic mass is 9.95. The minimum absolute atomic E-state index is 0.00498. The van der Waals surface area contributed by atoms with E-state index in [2.05, 4.69) is 32.3 Å². The highest BCUT2D eigenvalue weighted by Crippen LogP contribution is 2.28. The van der Waals surface area contributed by atoms with Crippen molar-refractivity contribution in [3.8, 4) is 10.4 Å². The number of carbonyl (C=O) groups excluding carboxylic acids is 1. The third kappa shape index (κ3) is 4.97. The van der Waals surface area contributed by atoms with Crippen LogP contribution in [0.4, 0.5) is 10.2 Å². The van der Waals surface area contributed by atoms with Crippen molar-refractivity contribution in [3.63, 3.8) is 0 Å². The average molecular weight is 413 g/mol. The fourth-order valence-electron chi connectivity index (χ4n) is 3.83. The summed E-state index contributed by atoms with van der Waals surface area (Å²) in [7, 11) is 0. The molecule has 0 saturated carbocycles. The van der Waals surface area contributed by atoms with Crippen LogP contribution in [-0.2, 0) is 4.79 Å². The molecule has 1 aromatic carbocycles. The van der Waals surface area contributed by atoms with Gasteiger partial charge in [0.15, 0.2) is 0 Å². The Morgan fingerprint density at radius 2 is 2.03 bits per heavy atom. The molecule has 1 aliphatic rings. The van der Waals surface area contributed by atoms with Gasteiger partial charge in [0.1, 0.15) is 11.5 Å². The first-order chi connectivity index (χ1) is 13.9. The number of aromatic nitrogens is 2. The molecule has 1 saturated heterocycles. The zero-order valence-corrected chi connectivity index (χ0v) is 17.5. The van der Waals surface area contributed by atoms with Crippen LogP contribution < -0.4 is 5.32 Å². The molecule has 0 unspecified atom stereocenters. The predicted octanol–water partition coefficient (Wildman–Crippen LogP) is 4.76. The highest BCUT2D eigenvalue weighted by molar-refractivity contribution is 7.13. The van der Waals surface area contributed by atoms with Gasteiger partial charge >= 0.3 is 0 Å². The molecule has 0 bridgehead atoms. The number of hydrogen-bond donors (Lipinski definition) is 1. The highest BCUT2D eigenvalue weighted by atomic mass is 32.1. The van der Waals surface area contributed by atoms with Gasteiger partial charge in [-0.15, -0.1) is 11.3 Å². The van der Waals surface area contributed by atoms with Crippen molar-refractivity contribution in [2.75, 3.05) is 25.0 Å². The fraction of sp³-hybridized carbons (Fsp3) is 0.409. The van der Waals surface area contributed by atoms with E-state index in [1.165, 1.54) is 0 Å². The van der Waals surface area contributed by atoms with Crippen LogP contribution in [0.15, 0.2) is 42.2 Å². The first-order valence-electron chi connectivity index (χ1n) is 9.88. The molecule has 2 aromatic heterocycles. The van der Waals surface area contributed by atoms with Gasteiger partial charge < -0.3 is 10.2 Å². The zero-order chi connectivity index (χ0) is 20.4. The summed E-state index contributed by atoms with van der Waals surface area (Å²) in [4.78, 5) is 24.4. The lowest BCUT2D eigenvalue weighted by Crippen LogP contribution is -2.43. The zero-order valence-electron chi connectivity index (χ0n) is 16.7. The molecule has 3 heterocycles. The van der Waals surface area contributed by atoms with Crippen molar-refractivity contribution in [1.29, 1.82) is 0 Å². The molecular weight excluding hydrogens is 387 g/mol. The maximum Gasteiger partial charge on any atom is 0.228 e. The fourth-order valence-corrected chi connectivity index (χ4v) is 4.45. The molecule has 0 aliphatic carbocycles. The van der Waals surface area contributed by atoms with Crippen molar-refractivity contribution in [2.24, 2.45) is 5.92 Å². The Kier molecular flexibility index (Phi) is 5.61. The molecule has 4 rings (SSSR count). The molecule has 0 spiro atoms. The van der Waals surface area contributed by atoms with Gasteiger partial charge in [-0.2, -0.15) is 0 Å². The van der Waals surface area contributed by atoms with E-state index in [9.17, 15) is 9.18 Å². The number of benzene rings is 1. The largest absolute Gasteiger partial charge is 0.310 e. The topological polar surface area (TPSA) is 58.1 Å². The van der Waals surface area contributed by atoms with E-state index < -0.39 is 5.67 Å². The van der Waals surface area contributed by atoms with E-state index in [4.69, 9.17) is 0 Å². The average Bonchev–Trinajstić information content (AvgIpc) is 3.21. The van der Waals surface area contributed by atoms with E-state index in [0.717, 1.165) is 47.1 Å². The second-order valence-corrected chi connectivity index (χ2v) is 9.14. The molecule has 29 heavy (non-hydrogen) atoms. The normalized spacial score (nSPS) is 16.2. The number of halogens is 1. The molecule has 1 fully saturated rings. The van der Waals surface area contributed by atoms with Crippen LogP contribution in [0.1, 0.15) is 26.7 Å². The van der Waals surface area contributed by atoms with Crippen LogP contribution in [-0.4, -0.2) is 46.1 Å². The number of likely N-dealkylation sites (tertiary alicyclic amines) is 1. The van der Waals surface area contributed by atoms with E-state index in [1.54, 1.807) is 31.4 Å². The Hall–Kier alpha value is -2.38. The summed E-state index contributed by atoms with van der Waals surface area (Å²) < 4.78 is 13.8. The minimum atomic E-state index is -1.21. The molecular formula is C22H25FN4OS. The van der Waals surface area contributed by atoms with Crippen molar-refractivity contribution >= 4 is 33.8 Å². The number of nitrogens with one attached hydrogen (secondary N) is 1. The van der Waals surface area contributed by atoms with Gasteiger partial charge in [0.2, 0.25) is 5.91 Å². The lowest BCUT2D eigenvalue weighted by Gasteiger charge is -2.33. The number of fused-ring (bicyclic) bond motifs is 1. The number of anilines is 1. The number of alkyl halides is 1. The van der Waals surface area contributed by atoms with Gasteiger partial charge in [0.25, 0.3) is 0 Å². The summed E-state index contributed by atoms with van der Waals surface area (Å²) in [6.07, 6.45) is 5.12. The van der Waals surface area contributed by atoms with Crippen LogP contribution in [0.2, 0.25) is 0 Å². The summed E-state index contributed by atoms with van der Waals surface area (Å²) in [6.45, 7) is 5.09. The second-order valence-electron chi connectivity index (χ2n) is 8.26. The summed E-state index contributed by atoms with van der Waals surface area (Å²) in [5, 5.41) is 5.02. The smallest absolute Gasteiger partial charge is 0.228 e.